The van der Waals surface area contributed by atoms with Gasteiger partial charge < -0.3 is 14.4 Å². The molecule has 0 saturated carbocycles. The molecule has 3 rings (SSSR count). The molecule has 1 aliphatic heterocycles. The highest BCUT2D eigenvalue weighted by molar-refractivity contribution is 9.10. The van der Waals surface area contributed by atoms with E-state index in [9.17, 15) is 13.2 Å². The topological polar surface area (TPSA) is 84.9 Å². The fraction of sp³-hybridized carbons (Fsp3) is 0.350. The third kappa shape index (κ3) is 4.91. The third-order valence-corrected chi connectivity index (χ3v) is 6.97. The van der Waals surface area contributed by atoms with Crippen LogP contribution in [-0.4, -0.2) is 52.6 Å². The highest BCUT2D eigenvalue weighted by Crippen LogP contribution is 2.34. The number of ether oxygens (including phenoxy) is 2. The lowest BCUT2D eigenvalue weighted by Gasteiger charge is -2.32. The first-order chi connectivity index (χ1) is 13.9. The van der Waals surface area contributed by atoms with E-state index in [0.717, 1.165) is 0 Å². The maximum Gasteiger partial charge on any atom is 0.257 e. The van der Waals surface area contributed by atoms with E-state index in [-0.39, 0.29) is 16.8 Å². The lowest BCUT2D eigenvalue weighted by atomic mass is 10.0. The molecule has 29 heavy (non-hydrogen) atoms. The molecule has 9 heteroatoms. The number of hydrogen-bond acceptors (Lipinski definition) is 5. The van der Waals surface area contributed by atoms with Gasteiger partial charge in [0.1, 0.15) is 11.5 Å². The molecule has 0 unspecified atom stereocenters. The van der Waals surface area contributed by atoms with Gasteiger partial charge >= 0.3 is 0 Å². The summed E-state index contributed by atoms with van der Waals surface area (Å²) in [5, 5.41) is 0. The summed E-state index contributed by atoms with van der Waals surface area (Å²) in [6.07, 6.45) is 1.07. The number of halogens is 1. The Labute approximate surface area is 179 Å². The molecule has 1 heterocycles. The van der Waals surface area contributed by atoms with E-state index < -0.39 is 10.0 Å². The van der Waals surface area contributed by atoms with Gasteiger partial charge in [0.25, 0.3) is 5.91 Å². The Hall–Kier alpha value is -2.10. The number of rotatable bonds is 6. The predicted octanol–water partition coefficient (Wildman–Crippen LogP) is 3.05. The van der Waals surface area contributed by atoms with Crippen LogP contribution >= 0.6 is 15.9 Å². The van der Waals surface area contributed by atoms with Gasteiger partial charge in [-0.05, 0) is 53.0 Å². The minimum atomic E-state index is -3.57. The second-order valence-corrected chi connectivity index (χ2v) is 9.26. The number of nitrogens with zero attached hydrogens (tertiary/aromatic N) is 1. The number of likely N-dealkylation sites (tertiary alicyclic amines) is 1. The zero-order chi connectivity index (χ0) is 21.0. The van der Waals surface area contributed by atoms with Crippen molar-refractivity contribution < 1.29 is 22.7 Å². The quantitative estimate of drug-likeness (QED) is 0.683. The van der Waals surface area contributed by atoms with E-state index in [1.54, 1.807) is 47.4 Å². The first-order valence-electron chi connectivity index (χ1n) is 9.14. The largest absolute Gasteiger partial charge is 0.497 e. The number of piperidine rings is 1. The molecule has 0 atom stereocenters. The summed E-state index contributed by atoms with van der Waals surface area (Å²) in [6.45, 7) is 0.886. The molecule has 0 bridgehead atoms. The van der Waals surface area contributed by atoms with Crippen LogP contribution in [0.15, 0.2) is 51.8 Å². The summed E-state index contributed by atoms with van der Waals surface area (Å²) in [5.74, 6) is 0.819. The van der Waals surface area contributed by atoms with Crippen molar-refractivity contribution in [3.63, 3.8) is 0 Å². The highest BCUT2D eigenvalue weighted by atomic mass is 79.9. The third-order valence-electron chi connectivity index (χ3n) is 4.84. The number of nitrogens with one attached hydrogen (secondary N) is 1. The van der Waals surface area contributed by atoms with Gasteiger partial charge in [-0.3, -0.25) is 4.79 Å². The zero-order valence-corrected chi connectivity index (χ0v) is 18.6. The maximum atomic E-state index is 13.0. The van der Waals surface area contributed by atoms with Crippen LogP contribution in [0.3, 0.4) is 0 Å². The summed E-state index contributed by atoms with van der Waals surface area (Å²) < 4.78 is 39.0. The Bertz CT molecular complexity index is 974. The molecular formula is C20H23BrN2O5S. The Balaban J connectivity index is 1.68. The molecule has 1 aliphatic rings. The lowest BCUT2D eigenvalue weighted by molar-refractivity contribution is 0.0707. The van der Waals surface area contributed by atoms with Gasteiger partial charge in [0.15, 0.2) is 0 Å². The van der Waals surface area contributed by atoms with Gasteiger partial charge in [0.2, 0.25) is 10.0 Å². The standard InChI is InChI=1S/C20H23BrN2O5S/c1-27-15-12-17(19(28-2)18(21)13-15)20(24)23-10-8-14(9-11-23)22-29(25,26)16-6-4-3-5-7-16/h3-7,12-14,22H,8-11H2,1-2H3. The normalized spacial score (nSPS) is 15.2. The molecule has 156 valence electrons. The summed E-state index contributed by atoms with van der Waals surface area (Å²) in [5.41, 5.74) is 0.405. The Kier molecular flexibility index (Phi) is 6.81. The molecule has 0 aromatic heterocycles. The van der Waals surface area contributed by atoms with Crippen molar-refractivity contribution in [3.05, 3.63) is 52.5 Å². The summed E-state index contributed by atoms with van der Waals surface area (Å²) in [7, 11) is -0.529. The van der Waals surface area contributed by atoms with E-state index in [2.05, 4.69) is 20.7 Å². The Morgan fingerprint density at radius 1 is 1.10 bits per heavy atom. The second kappa shape index (κ2) is 9.15. The average molecular weight is 483 g/mol. The first-order valence-corrected chi connectivity index (χ1v) is 11.4. The van der Waals surface area contributed by atoms with Crippen LogP contribution in [0.2, 0.25) is 0 Å². The van der Waals surface area contributed by atoms with Crippen LogP contribution in [0.1, 0.15) is 23.2 Å². The van der Waals surface area contributed by atoms with Crippen LogP contribution in [-0.2, 0) is 10.0 Å². The highest BCUT2D eigenvalue weighted by Gasteiger charge is 2.29. The molecule has 1 saturated heterocycles. The molecule has 1 fully saturated rings. The fourth-order valence-electron chi connectivity index (χ4n) is 3.31. The molecule has 0 radical (unpaired) electrons. The minimum Gasteiger partial charge on any atom is -0.497 e. The second-order valence-electron chi connectivity index (χ2n) is 6.69. The lowest BCUT2D eigenvalue weighted by Crippen LogP contribution is -2.46. The van der Waals surface area contributed by atoms with Crippen molar-refractivity contribution in [3.8, 4) is 11.5 Å². The van der Waals surface area contributed by atoms with E-state index in [1.807, 2.05) is 0 Å². The molecular weight excluding hydrogens is 460 g/mol. The van der Waals surface area contributed by atoms with E-state index in [0.29, 0.717) is 47.5 Å². The molecule has 2 aromatic carbocycles. The number of sulfonamides is 1. The van der Waals surface area contributed by atoms with Crippen LogP contribution in [0.5, 0.6) is 11.5 Å². The number of carbonyl (C=O) groups is 1. The number of benzene rings is 2. The molecule has 0 spiro atoms. The smallest absolute Gasteiger partial charge is 0.257 e. The van der Waals surface area contributed by atoms with Gasteiger partial charge in [0.05, 0.1) is 29.2 Å². The van der Waals surface area contributed by atoms with E-state index in [4.69, 9.17) is 9.47 Å². The van der Waals surface area contributed by atoms with Gasteiger partial charge in [0, 0.05) is 19.1 Å². The molecule has 0 aliphatic carbocycles. The number of methoxy groups -OCH3 is 2. The zero-order valence-electron chi connectivity index (χ0n) is 16.2. The van der Waals surface area contributed by atoms with Crippen LogP contribution in [0, 0.1) is 0 Å². The molecule has 7 nitrogen and oxygen atoms in total. The Morgan fingerprint density at radius 2 is 1.76 bits per heavy atom. The van der Waals surface area contributed by atoms with E-state index >= 15 is 0 Å². The Morgan fingerprint density at radius 3 is 2.34 bits per heavy atom. The van der Waals surface area contributed by atoms with Gasteiger partial charge in [-0.2, -0.15) is 0 Å². The molecule has 2 aromatic rings. The molecule has 1 N–H and O–H groups in total. The van der Waals surface area contributed by atoms with Crippen molar-refractivity contribution in [2.75, 3.05) is 27.3 Å². The monoisotopic (exact) mass is 482 g/mol. The van der Waals surface area contributed by atoms with Crippen LogP contribution in [0.4, 0.5) is 0 Å². The van der Waals surface area contributed by atoms with Gasteiger partial charge in [-0.1, -0.05) is 18.2 Å². The van der Waals surface area contributed by atoms with Crippen molar-refractivity contribution in [1.82, 2.24) is 9.62 Å². The number of carbonyl (C=O) groups excluding carboxylic acids is 1. The number of amides is 1. The van der Waals surface area contributed by atoms with Crippen molar-refractivity contribution in [2.24, 2.45) is 0 Å². The van der Waals surface area contributed by atoms with Crippen molar-refractivity contribution >= 4 is 31.9 Å². The van der Waals surface area contributed by atoms with Crippen LogP contribution < -0.4 is 14.2 Å². The minimum absolute atomic E-state index is 0.175. The van der Waals surface area contributed by atoms with Crippen LogP contribution in [0.25, 0.3) is 0 Å². The first kappa shape index (κ1) is 21.6. The van der Waals surface area contributed by atoms with Crippen molar-refractivity contribution in [1.29, 1.82) is 0 Å². The summed E-state index contributed by atoms with van der Waals surface area (Å²) in [6, 6.07) is 11.4. The SMILES string of the molecule is COc1cc(Br)c(OC)c(C(=O)N2CCC(NS(=O)(=O)c3ccccc3)CC2)c1. The van der Waals surface area contributed by atoms with Gasteiger partial charge in [-0.25, -0.2) is 13.1 Å². The molecule has 1 amide bonds. The maximum absolute atomic E-state index is 13.0. The summed E-state index contributed by atoms with van der Waals surface area (Å²) in [4.78, 5) is 15.0. The predicted molar refractivity (Wildman–Crippen MR) is 113 cm³/mol. The number of hydrogen-bond donors (Lipinski definition) is 1. The van der Waals surface area contributed by atoms with Gasteiger partial charge in [-0.15, -0.1) is 0 Å². The average Bonchev–Trinajstić information content (AvgIpc) is 2.73. The fourth-order valence-corrected chi connectivity index (χ4v) is 5.24. The summed E-state index contributed by atoms with van der Waals surface area (Å²) >= 11 is 3.40. The van der Waals surface area contributed by atoms with E-state index in [1.165, 1.54) is 14.2 Å². The van der Waals surface area contributed by atoms with Crippen molar-refractivity contribution in [2.45, 2.75) is 23.8 Å².